The first-order valence-electron chi connectivity index (χ1n) is 13.3. The van der Waals surface area contributed by atoms with Gasteiger partial charge in [0.25, 0.3) is 5.91 Å². The molecule has 194 valence electrons. The summed E-state index contributed by atoms with van der Waals surface area (Å²) in [6.07, 6.45) is 8.73. The molecule has 0 aliphatic carbocycles. The van der Waals surface area contributed by atoms with Crippen molar-refractivity contribution >= 4 is 28.4 Å². The quantitative estimate of drug-likeness (QED) is 0.365. The van der Waals surface area contributed by atoms with Gasteiger partial charge in [-0.05, 0) is 61.1 Å². The Morgan fingerprint density at radius 2 is 1.95 bits per heavy atom. The van der Waals surface area contributed by atoms with Crippen LogP contribution in [0.4, 0.5) is 0 Å². The number of aromatic nitrogens is 3. The Morgan fingerprint density at radius 1 is 1.08 bits per heavy atom. The number of amides is 2. The van der Waals surface area contributed by atoms with Crippen molar-refractivity contribution in [2.24, 2.45) is 0 Å². The molecular formula is C30H31N5O3. The van der Waals surface area contributed by atoms with Gasteiger partial charge in [0.15, 0.2) is 5.76 Å². The summed E-state index contributed by atoms with van der Waals surface area (Å²) in [5.74, 6) is 0.419. The second kappa shape index (κ2) is 10.3. The van der Waals surface area contributed by atoms with E-state index >= 15 is 0 Å². The number of furan rings is 1. The third kappa shape index (κ3) is 4.86. The fourth-order valence-electron chi connectivity index (χ4n) is 5.52. The summed E-state index contributed by atoms with van der Waals surface area (Å²) in [5.41, 5.74) is 5.24. The van der Waals surface area contributed by atoms with Crippen LogP contribution in [0.3, 0.4) is 0 Å². The lowest BCUT2D eigenvalue weighted by Crippen LogP contribution is -2.35. The van der Waals surface area contributed by atoms with Gasteiger partial charge < -0.3 is 14.2 Å². The molecule has 0 bridgehead atoms. The predicted octanol–water partition coefficient (Wildman–Crippen LogP) is 5.02. The number of nitrogens with zero attached hydrogens (tertiary/aromatic N) is 5. The maximum Gasteiger partial charge on any atom is 0.290 e. The van der Waals surface area contributed by atoms with Gasteiger partial charge in [0.05, 0.1) is 18.8 Å². The predicted molar refractivity (Wildman–Crippen MR) is 144 cm³/mol. The van der Waals surface area contributed by atoms with E-state index < -0.39 is 0 Å². The number of benzene rings is 2. The van der Waals surface area contributed by atoms with Crippen LogP contribution in [0.25, 0.3) is 16.5 Å². The van der Waals surface area contributed by atoms with Gasteiger partial charge in [0.1, 0.15) is 5.58 Å². The smallest absolute Gasteiger partial charge is 0.290 e. The zero-order valence-corrected chi connectivity index (χ0v) is 21.5. The maximum atomic E-state index is 13.5. The van der Waals surface area contributed by atoms with Crippen LogP contribution >= 0.6 is 0 Å². The standard InChI is InChI=1S/C30H31N5O3/c1-21-6-8-22(9-7-21)26-5-3-15-35(26)30(37)28-19-25-18-23(10-11-27(25)38-28)24-4-2-14-33(20-24)29(36)12-16-34-17-13-31-32-34/h4,6-11,13,17-19,26H,2-3,5,12,14-16,20H2,1H3. The first-order valence-corrected chi connectivity index (χ1v) is 13.3. The van der Waals surface area contributed by atoms with E-state index in [2.05, 4.69) is 53.6 Å². The van der Waals surface area contributed by atoms with Gasteiger partial charge in [-0.15, -0.1) is 5.10 Å². The molecule has 1 unspecified atom stereocenters. The van der Waals surface area contributed by atoms with Crippen molar-refractivity contribution in [1.29, 1.82) is 0 Å². The minimum absolute atomic E-state index is 0.0631. The monoisotopic (exact) mass is 509 g/mol. The molecule has 38 heavy (non-hydrogen) atoms. The molecule has 1 atom stereocenters. The van der Waals surface area contributed by atoms with E-state index in [0.717, 1.165) is 42.3 Å². The number of aryl methyl sites for hydroxylation is 2. The highest BCUT2D eigenvalue weighted by Gasteiger charge is 2.32. The molecule has 6 rings (SSSR count). The molecular weight excluding hydrogens is 478 g/mol. The number of rotatable bonds is 6. The zero-order valence-electron chi connectivity index (χ0n) is 21.5. The summed E-state index contributed by atoms with van der Waals surface area (Å²) in [4.78, 5) is 30.1. The van der Waals surface area contributed by atoms with Gasteiger partial charge in [0, 0.05) is 37.6 Å². The van der Waals surface area contributed by atoms with Crippen LogP contribution in [-0.4, -0.2) is 56.2 Å². The molecule has 1 saturated heterocycles. The van der Waals surface area contributed by atoms with Crippen LogP contribution in [-0.2, 0) is 11.3 Å². The van der Waals surface area contributed by atoms with Crippen molar-refractivity contribution in [3.63, 3.8) is 0 Å². The second-order valence-corrected chi connectivity index (χ2v) is 10.2. The number of carbonyl (C=O) groups excluding carboxylic acids is 2. The maximum absolute atomic E-state index is 13.5. The molecule has 2 aromatic heterocycles. The van der Waals surface area contributed by atoms with E-state index in [4.69, 9.17) is 4.42 Å². The zero-order chi connectivity index (χ0) is 26.1. The number of carbonyl (C=O) groups is 2. The van der Waals surface area contributed by atoms with Crippen LogP contribution < -0.4 is 0 Å². The molecule has 2 aromatic carbocycles. The summed E-state index contributed by atoms with van der Waals surface area (Å²) in [5, 5.41) is 8.62. The average Bonchev–Trinajstić information content (AvgIpc) is 3.72. The van der Waals surface area contributed by atoms with E-state index in [1.807, 2.05) is 28.0 Å². The first kappa shape index (κ1) is 24.2. The van der Waals surface area contributed by atoms with Gasteiger partial charge in [-0.25, -0.2) is 0 Å². The third-order valence-corrected chi connectivity index (χ3v) is 7.60. The topological polar surface area (TPSA) is 84.5 Å². The molecule has 0 N–H and O–H groups in total. The number of hydrogen-bond acceptors (Lipinski definition) is 5. The Balaban J connectivity index is 1.16. The Morgan fingerprint density at radius 3 is 2.76 bits per heavy atom. The third-order valence-electron chi connectivity index (χ3n) is 7.60. The molecule has 0 spiro atoms. The first-order chi connectivity index (χ1) is 18.5. The molecule has 0 radical (unpaired) electrons. The molecule has 2 amide bonds. The molecule has 2 aliphatic rings. The van der Waals surface area contributed by atoms with Crippen LogP contribution in [0.1, 0.15) is 59.0 Å². The van der Waals surface area contributed by atoms with Crippen molar-refractivity contribution in [2.45, 2.75) is 45.2 Å². The van der Waals surface area contributed by atoms with Crippen molar-refractivity contribution in [3.05, 3.63) is 89.5 Å². The van der Waals surface area contributed by atoms with Gasteiger partial charge in [-0.3, -0.25) is 14.3 Å². The SMILES string of the molecule is Cc1ccc(C2CCCN2C(=O)c2cc3cc(C4=CCCN(C(=O)CCn5ccnn5)C4)ccc3o2)cc1. The van der Waals surface area contributed by atoms with Gasteiger partial charge in [-0.1, -0.05) is 47.2 Å². The van der Waals surface area contributed by atoms with Crippen molar-refractivity contribution < 1.29 is 14.0 Å². The van der Waals surface area contributed by atoms with E-state index in [1.54, 1.807) is 17.1 Å². The van der Waals surface area contributed by atoms with E-state index in [-0.39, 0.29) is 17.9 Å². The molecule has 0 saturated carbocycles. The Bertz CT molecular complexity index is 1490. The Labute approximate surface area is 221 Å². The molecule has 8 nitrogen and oxygen atoms in total. The molecule has 8 heteroatoms. The van der Waals surface area contributed by atoms with Crippen molar-refractivity contribution in [3.8, 4) is 0 Å². The summed E-state index contributed by atoms with van der Waals surface area (Å²) in [6, 6.07) is 16.4. The minimum atomic E-state index is -0.0631. The summed E-state index contributed by atoms with van der Waals surface area (Å²) < 4.78 is 7.70. The molecule has 2 aliphatic heterocycles. The van der Waals surface area contributed by atoms with Crippen LogP contribution in [0.2, 0.25) is 0 Å². The highest BCUT2D eigenvalue weighted by molar-refractivity contribution is 5.97. The van der Waals surface area contributed by atoms with Crippen LogP contribution in [0.5, 0.6) is 0 Å². The lowest BCUT2D eigenvalue weighted by Gasteiger charge is -2.27. The lowest BCUT2D eigenvalue weighted by atomic mass is 9.99. The van der Waals surface area contributed by atoms with E-state index in [0.29, 0.717) is 37.4 Å². The van der Waals surface area contributed by atoms with E-state index in [9.17, 15) is 9.59 Å². The number of hydrogen-bond donors (Lipinski definition) is 0. The average molecular weight is 510 g/mol. The number of likely N-dealkylation sites (tertiary alicyclic amines) is 1. The number of fused-ring (bicyclic) bond motifs is 1. The normalized spacial score (nSPS) is 17.7. The lowest BCUT2D eigenvalue weighted by molar-refractivity contribution is -0.131. The van der Waals surface area contributed by atoms with E-state index in [1.165, 1.54) is 11.1 Å². The van der Waals surface area contributed by atoms with Crippen LogP contribution in [0.15, 0.2) is 71.4 Å². The Kier molecular flexibility index (Phi) is 6.54. The molecule has 4 aromatic rings. The van der Waals surface area contributed by atoms with Gasteiger partial charge >= 0.3 is 0 Å². The van der Waals surface area contributed by atoms with Crippen molar-refractivity contribution in [2.75, 3.05) is 19.6 Å². The Hall–Kier alpha value is -4.20. The summed E-state index contributed by atoms with van der Waals surface area (Å²) >= 11 is 0. The van der Waals surface area contributed by atoms with Crippen LogP contribution in [0, 0.1) is 6.92 Å². The fourth-order valence-corrected chi connectivity index (χ4v) is 5.52. The van der Waals surface area contributed by atoms with Crippen molar-refractivity contribution in [1.82, 2.24) is 24.8 Å². The minimum Gasteiger partial charge on any atom is -0.451 e. The second-order valence-electron chi connectivity index (χ2n) is 10.2. The summed E-state index contributed by atoms with van der Waals surface area (Å²) in [6.45, 7) is 4.60. The summed E-state index contributed by atoms with van der Waals surface area (Å²) in [7, 11) is 0. The highest BCUT2D eigenvalue weighted by Crippen LogP contribution is 2.34. The fraction of sp³-hybridized carbons (Fsp3) is 0.333. The van der Waals surface area contributed by atoms with Gasteiger partial charge in [0.2, 0.25) is 5.91 Å². The highest BCUT2D eigenvalue weighted by atomic mass is 16.3. The molecule has 4 heterocycles. The van der Waals surface area contributed by atoms with Gasteiger partial charge in [-0.2, -0.15) is 0 Å². The molecule has 1 fully saturated rings. The largest absolute Gasteiger partial charge is 0.451 e.